The fourth-order valence-corrected chi connectivity index (χ4v) is 5.17. The summed E-state index contributed by atoms with van der Waals surface area (Å²) in [5.74, 6) is -1.66. The van der Waals surface area contributed by atoms with Crippen LogP contribution in [0.15, 0.2) is 0 Å². The van der Waals surface area contributed by atoms with E-state index in [1.54, 1.807) is 6.92 Å². The van der Waals surface area contributed by atoms with E-state index in [1.807, 2.05) is 11.8 Å². The van der Waals surface area contributed by atoms with Gasteiger partial charge >= 0.3 is 5.97 Å². The Kier molecular flexibility index (Phi) is 5.69. The smallest absolute Gasteiger partial charge is 0.305 e. The van der Waals surface area contributed by atoms with Crippen LogP contribution in [0.4, 0.5) is 0 Å². The van der Waals surface area contributed by atoms with Gasteiger partial charge in [-0.1, -0.05) is 20.8 Å². The summed E-state index contributed by atoms with van der Waals surface area (Å²) in [5, 5.41) is 21.4. The minimum atomic E-state index is -1.12. The van der Waals surface area contributed by atoms with E-state index in [9.17, 15) is 14.7 Å². The Morgan fingerprint density at radius 1 is 1.38 bits per heavy atom. The van der Waals surface area contributed by atoms with Gasteiger partial charge in [-0.05, 0) is 19.8 Å². The Labute approximate surface area is 129 Å². The SMILES string of the molecule is CC(NC(=O)[C@@H](N)CC(=O)O)C(O)CC1(C)CC(C)(C)S1. The molecule has 1 amide bonds. The zero-order valence-electron chi connectivity index (χ0n) is 13.0. The fraction of sp³-hybridized carbons (Fsp3) is 0.857. The zero-order chi connectivity index (χ0) is 16.4. The van der Waals surface area contributed by atoms with E-state index in [-0.39, 0.29) is 9.49 Å². The zero-order valence-corrected chi connectivity index (χ0v) is 13.9. The van der Waals surface area contributed by atoms with Crippen molar-refractivity contribution in [1.29, 1.82) is 0 Å². The Morgan fingerprint density at radius 2 is 1.90 bits per heavy atom. The van der Waals surface area contributed by atoms with Gasteiger partial charge in [-0.25, -0.2) is 0 Å². The molecule has 1 aliphatic heterocycles. The number of thioether (sulfide) groups is 1. The van der Waals surface area contributed by atoms with Crippen LogP contribution in [0.1, 0.15) is 47.0 Å². The van der Waals surface area contributed by atoms with Crippen molar-refractivity contribution in [2.45, 2.75) is 74.6 Å². The molecule has 0 aromatic rings. The molecular weight excluding hydrogens is 292 g/mol. The van der Waals surface area contributed by atoms with Crippen molar-refractivity contribution in [3.63, 3.8) is 0 Å². The third-order valence-corrected chi connectivity index (χ3v) is 5.14. The molecule has 5 N–H and O–H groups in total. The molecule has 1 fully saturated rings. The quantitative estimate of drug-likeness (QED) is 0.550. The Bertz CT molecular complexity index is 406. The van der Waals surface area contributed by atoms with Crippen molar-refractivity contribution in [3.05, 3.63) is 0 Å². The second kappa shape index (κ2) is 6.54. The highest BCUT2D eigenvalue weighted by molar-refractivity contribution is 8.03. The summed E-state index contributed by atoms with van der Waals surface area (Å²) in [5.41, 5.74) is 5.49. The van der Waals surface area contributed by atoms with E-state index >= 15 is 0 Å². The topological polar surface area (TPSA) is 113 Å². The predicted molar refractivity (Wildman–Crippen MR) is 83.1 cm³/mol. The number of hydrogen-bond acceptors (Lipinski definition) is 5. The molecule has 0 aliphatic carbocycles. The van der Waals surface area contributed by atoms with Crippen LogP contribution in [0.25, 0.3) is 0 Å². The molecule has 0 bridgehead atoms. The van der Waals surface area contributed by atoms with Crippen molar-refractivity contribution in [2.24, 2.45) is 5.73 Å². The first-order chi connectivity index (χ1) is 9.44. The van der Waals surface area contributed by atoms with Crippen LogP contribution < -0.4 is 11.1 Å². The maximum Gasteiger partial charge on any atom is 0.305 e. The summed E-state index contributed by atoms with van der Waals surface area (Å²) in [6, 6.07) is -1.55. The summed E-state index contributed by atoms with van der Waals surface area (Å²) < 4.78 is 0.260. The highest BCUT2D eigenvalue weighted by Crippen LogP contribution is 2.56. The van der Waals surface area contributed by atoms with Crippen molar-refractivity contribution >= 4 is 23.6 Å². The lowest BCUT2D eigenvalue weighted by Crippen LogP contribution is -2.52. The average molecular weight is 318 g/mol. The van der Waals surface area contributed by atoms with Crippen LogP contribution in [-0.4, -0.2) is 49.8 Å². The predicted octanol–water partition coefficient (Wildman–Crippen LogP) is 0.718. The summed E-state index contributed by atoms with van der Waals surface area (Å²) in [7, 11) is 0. The normalized spacial score (nSPS) is 28.1. The number of carboxylic acid groups (broad SMARTS) is 1. The number of aliphatic carboxylic acids is 1. The summed E-state index contributed by atoms with van der Waals surface area (Å²) in [4.78, 5) is 22.2. The largest absolute Gasteiger partial charge is 0.481 e. The minimum absolute atomic E-state index is 0.0189. The molecule has 21 heavy (non-hydrogen) atoms. The highest BCUT2D eigenvalue weighted by atomic mass is 32.2. The molecule has 0 aromatic heterocycles. The van der Waals surface area contributed by atoms with Gasteiger partial charge in [0.2, 0.25) is 5.91 Å². The molecule has 122 valence electrons. The number of carbonyl (C=O) groups is 2. The lowest BCUT2D eigenvalue weighted by molar-refractivity contribution is -0.139. The maximum absolute atomic E-state index is 11.7. The fourth-order valence-electron chi connectivity index (χ4n) is 3.00. The lowest BCUT2D eigenvalue weighted by atomic mass is 9.88. The molecule has 3 unspecified atom stereocenters. The van der Waals surface area contributed by atoms with Gasteiger partial charge in [-0.2, -0.15) is 0 Å². The number of hydrogen-bond donors (Lipinski definition) is 4. The van der Waals surface area contributed by atoms with Crippen LogP contribution >= 0.6 is 11.8 Å². The molecule has 1 rings (SSSR count). The first-order valence-electron chi connectivity index (χ1n) is 7.10. The van der Waals surface area contributed by atoms with E-state index < -0.39 is 36.5 Å². The number of rotatable bonds is 7. The first-order valence-corrected chi connectivity index (χ1v) is 7.92. The van der Waals surface area contributed by atoms with Gasteiger partial charge in [0.1, 0.15) is 0 Å². The van der Waals surface area contributed by atoms with Gasteiger partial charge in [-0.3, -0.25) is 9.59 Å². The summed E-state index contributed by atoms with van der Waals surface area (Å²) in [6.45, 7) is 8.15. The summed E-state index contributed by atoms with van der Waals surface area (Å²) >= 11 is 1.84. The molecule has 1 heterocycles. The van der Waals surface area contributed by atoms with Crippen LogP contribution in [0.2, 0.25) is 0 Å². The molecule has 0 radical (unpaired) electrons. The van der Waals surface area contributed by atoms with E-state index in [2.05, 4.69) is 26.1 Å². The molecule has 0 aromatic carbocycles. The van der Waals surface area contributed by atoms with E-state index in [0.717, 1.165) is 6.42 Å². The van der Waals surface area contributed by atoms with Crippen molar-refractivity contribution in [1.82, 2.24) is 5.32 Å². The number of carboxylic acids is 1. The van der Waals surface area contributed by atoms with Crippen molar-refractivity contribution in [3.8, 4) is 0 Å². The number of aliphatic hydroxyl groups is 1. The number of aliphatic hydroxyl groups excluding tert-OH is 1. The van der Waals surface area contributed by atoms with Gasteiger partial charge in [0.05, 0.1) is 24.6 Å². The lowest BCUT2D eigenvalue weighted by Gasteiger charge is -2.51. The Balaban J connectivity index is 2.43. The standard InChI is InChI=1S/C14H26N2O4S/c1-8(16-12(20)9(15)5-11(18)19)10(17)6-14(4)7-13(2,3)21-14/h8-10,17H,5-7,15H2,1-4H3,(H,16,20)(H,18,19)/t8?,9-,10?,14?/m0/s1. The van der Waals surface area contributed by atoms with Gasteiger partial charge in [0.15, 0.2) is 0 Å². The monoisotopic (exact) mass is 318 g/mol. The van der Waals surface area contributed by atoms with E-state index in [0.29, 0.717) is 6.42 Å². The molecular formula is C14H26N2O4S. The molecule has 6 nitrogen and oxygen atoms in total. The number of nitrogens with two attached hydrogens (primary N) is 1. The molecule has 4 atom stereocenters. The van der Waals surface area contributed by atoms with E-state index in [1.165, 1.54) is 0 Å². The third kappa shape index (κ3) is 5.48. The second-order valence-corrected chi connectivity index (χ2v) is 9.06. The van der Waals surface area contributed by atoms with Crippen molar-refractivity contribution < 1.29 is 19.8 Å². The third-order valence-electron chi connectivity index (χ3n) is 3.64. The summed E-state index contributed by atoms with van der Waals surface area (Å²) in [6.07, 6.45) is 0.494. The van der Waals surface area contributed by atoms with Gasteiger partial charge in [0, 0.05) is 9.49 Å². The Morgan fingerprint density at radius 3 is 2.33 bits per heavy atom. The minimum Gasteiger partial charge on any atom is -0.481 e. The number of carbonyl (C=O) groups excluding carboxylic acids is 1. The molecule has 7 heteroatoms. The highest BCUT2D eigenvalue weighted by Gasteiger charge is 2.47. The Hall–Kier alpha value is -0.790. The van der Waals surface area contributed by atoms with Gasteiger partial charge < -0.3 is 21.3 Å². The van der Waals surface area contributed by atoms with Gasteiger partial charge in [-0.15, -0.1) is 11.8 Å². The molecule has 0 spiro atoms. The molecule has 1 aliphatic rings. The van der Waals surface area contributed by atoms with Gasteiger partial charge in [0.25, 0.3) is 0 Å². The number of amides is 1. The second-order valence-electron chi connectivity index (χ2n) is 6.76. The average Bonchev–Trinajstić information content (AvgIpc) is 2.24. The number of nitrogens with one attached hydrogen (secondary N) is 1. The molecule has 0 saturated carbocycles. The van der Waals surface area contributed by atoms with Crippen LogP contribution in [0, 0.1) is 0 Å². The van der Waals surface area contributed by atoms with Crippen LogP contribution in [0.5, 0.6) is 0 Å². The van der Waals surface area contributed by atoms with Crippen LogP contribution in [0.3, 0.4) is 0 Å². The van der Waals surface area contributed by atoms with Crippen molar-refractivity contribution in [2.75, 3.05) is 0 Å². The van der Waals surface area contributed by atoms with Crippen LogP contribution in [-0.2, 0) is 9.59 Å². The maximum atomic E-state index is 11.7. The molecule has 1 saturated heterocycles. The first kappa shape index (κ1) is 18.3. The van der Waals surface area contributed by atoms with E-state index in [4.69, 9.17) is 10.8 Å².